The normalized spacial score (nSPS) is 22.4. The number of Topliss-reactive ketones (excluding diaryl/α,β-unsaturated/α-hetero) is 1. The second kappa shape index (κ2) is 8.20. The second-order valence-electron chi connectivity index (χ2n) is 10.4. The van der Waals surface area contributed by atoms with Crippen molar-refractivity contribution in [2.45, 2.75) is 32.4 Å². The van der Waals surface area contributed by atoms with E-state index in [0.717, 1.165) is 35.5 Å². The highest BCUT2D eigenvalue weighted by molar-refractivity contribution is 6.53. The summed E-state index contributed by atoms with van der Waals surface area (Å²) in [5, 5.41) is 0. The molecule has 1 saturated heterocycles. The molecule has 4 aliphatic rings. The third-order valence-corrected chi connectivity index (χ3v) is 7.55. The van der Waals surface area contributed by atoms with Crippen LogP contribution in [0.1, 0.15) is 35.3 Å². The molecule has 36 heavy (non-hydrogen) atoms. The standard InChI is InChI=1S/C28H29N3O5/c1-17-8-9-19-18(14-28(2,3)31-24(19)23(17)25(32)27(31)34)15-29-10-12-30(13-11-29)26(33)22-16-35-20-6-4-5-7-21(20)36-22/h4-9,14,22H,10-13,15-16H2,1-3H3/t22-/m1/s1. The van der Waals surface area contributed by atoms with Gasteiger partial charge in [0.1, 0.15) is 6.61 Å². The Hall–Kier alpha value is -3.65. The number of benzene rings is 2. The molecule has 2 aromatic rings. The summed E-state index contributed by atoms with van der Waals surface area (Å²) in [5.74, 6) is 0.343. The number of rotatable bonds is 3. The van der Waals surface area contributed by atoms with Crippen molar-refractivity contribution in [3.63, 3.8) is 0 Å². The van der Waals surface area contributed by atoms with Gasteiger partial charge >= 0.3 is 0 Å². The fourth-order valence-corrected chi connectivity index (χ4v) is 5.74. The molecule has 1 atom stereocenters. The number of piperazine rings is 1. The van der Waals surface area contributed by atoms with E-state index in [9.17, 15) is 14.4 Å². The van der Waals surface area contributed by atoms with E-state index >= 15 is 0 Å². The Labute approximate surface area is 210 Å². The Morgan fingerprint density at radius 1 is 1.03 bits per heavy atom. The molecule has 0 aliphatic carbocycles. The van der Waals surface area contributed by atoms with Gasteiger partial charge in [-0.2, -0.15) is 0 Å². The summed E-state index contributed by atoms with van der Waals surface area (Å²) in [4.78, 5) is 44.5. The number of para-hydroxylation sites is 2. The Morgan fingerprint density at radius 2 is 1.75 bits per heavy atom. The fraction of sp³-hybridized carbons (Fsp3) is 0.393. The van der Waals surface area contributed by atoms with Crippen LogP contribution in [0.5, 0.6) is 11.5 Å². The predicted molar refractivity (Wildman–Crippen MR) is 134 cm³/mol. The van der Waals surface area contributed by atoms with Crippen LogP contribution < -0.4 is 14.4 Å². The number of hydrogen-bond acceptors (Lipinski definition) is 6. The van der Waals surface area contributed by atoms with Crippen LogP contribution >= 0.6 is 0 Å². The molecule has 0 aromatic heterocycles. The SMILES string of the molecule is Cc1ccc2c3c1C(=O)C(=O)N3C(C)(C)C=C2CN1CCN(C(=O)[C@H]2COc3ccccc3O2)CC1. The lowest BCUT2D eigenvalue weighted by Crippen LogP contribution is -2.54. The Bertz CT molecular complexity index is 1320. The van der Waals surface area contributed by atoms with Crippen LogP contribution in [0, 0.1) is 6.92 Å². The van der Waals surface area contributed by atoms with Crippen LogP contribution in [0.4, 0.5) is 5.69 Å². The molecule has 8 heteroatoms. The maximum absolute atomic E-state index is 13.1. The van der Waals surface area contributed by atoms with Gasteiger partial charge in [0.05, 0.1) is 16.8 Å². The zero-order chi connectivity index (χ0) is 25.2. The quantitative estimate of drug-likeness (QED) is 0.620. The van der Waals surface area contributed by atoms with E-state index in [-0.39, 0.29) is 12.5 Å². The lowest BCUT2D eigenvalue weighted by Gasteiger charge is -2.41. The van der Waals surface area contributed by atoms with E-state index < -0.39 is 23.3 Å². The monoisotopic (exact) mass is 487 g/mol. The Kier molecular flexibility index (Phi) is 5.19. The largest absolute Gasteiger partial charge is 0.485 e. The third kappa shape index (κ3) is 3.51. The minimum Gasteiger partial charge on any atom is -0.485 e. The van der Waals surface area contributed by atoms with Crippen LogP contribution in [0.2, 0.25) is 0 Å². The van der Waals surface area contributed by atoms with Crippen LogP contribution in [0.3, 0.4) is 0 Å². The number of ether oxygens (including phenoxy) is 2. The van der Waals surface area contributed by atoms with E-state index in [1.54, 1.807) is 4.90 Å². The maximum Gasteiger partial charge on any atom is 0.300 e. The number of fused-ring (bicyclic) bond motifs is 1. The van der Waals surface area contributed by atoms with E-state index in [2.05, 4.69) is 11.0 Å². The van der Waals surface area contributed by atoms with Crippen molar-refractivity contribution < 1.29 is 23.9 Å². The zero-order valence-corrected chi connectivity index (χ0v) is 20.7. The molecule has 1 fully saturated rings. The molecule has 2 amide bonds. The summed E-state index contributed by atoms with van der Waals surface area (Å²) >= 11 is 0. The summed E-state index contributed by atoms with van der Waals surface area (Å²) in [6, 6.07) is 11.3. The first-order valence-corrected chi connectivity index (χ1v) is 12.4. The molecule has 186 valence electrons. The number of hydrogen-bond donors (Lipinski definition) is 0. The van der Waals surface area contributed by atoms with E-state index in [0.29, 0.717) is 36.7 Å². The van der Waals surface area contributed by atoms with Gasteiger partial charge in [0, 0.05) is 38.3 Å². The minimum atomic E-state index is -0.635. The molecule has 4 aliphatic heterocycles. The topological polar surface area (TPSA) is 79.4 Å². The first kappa shape index (κ1) is 22.8. The van der Waals surface area contributed by atoms with Crippen molar-refractivity contribution in [3.8, 4) is 11.5 Å². The molecular formula is C28H29N3O5. The second-order valence-corrected chi connectivity index (χ2v) is 10.4. The molecule has 0 N–H and O–H groups in total. The molecule has 6 rings (SSSR count). The van der Waals surface area contributed by atoms with Gasteiger partial charge in [-0.3, -0.25) is 24.2 Å². The summed E-state index contributed by atoms with van der Waals surface area (Å²) in [5.41, 5.74) is 3.56. The fourth-order valence-electron chi connectivity index (χ4n) is 5.74. The number of aryl methyl sites for hydroxylation is 1. The van der Waals surface area contributed by atoms with Crippen molar-refractivity contribution in [1.82, 2.24) is 9.80 Å². The van der Waals surface area contributed by atoms with Gasteiger partial charge in [-0.05, 0) is 44.0 Å². The molecular weight excluding hydrogens is 458 g/mol. The maximum atomic E-state index is 13.1. The van der Waals surface area contributed by atoms with Crippen molar-refractivity contribution in [3.05, 3.63) is 59.2 Å². The van der Waals surface area contributed by atoms with Crippen molar-refractivity contribution in [2.24, 2.45) is 0 Å². The molecule has 4 heterocycles. The number of ketones is 1. The summed E-state index contributed by atoms with van der Waals surface area (Å²) in [6.07, 6.45) is 1.47. The first-order valence-electron chi connectivity index (χ1n) is 12.4. The Balaban J connectivity index is 1.15. The first-order chi connectivity index (χ1) is 17.2. The molecule has 0 spiro atoms. The average Bonchev–Trinajstić information content (AvgIpc) is 3.15. The van der Waals surface area contributed by atoms with Gasteiger partial charge in [0.25, 0.3) is 17.6 Å². The van der Waals surface area contributed by atoms with Gasteiger partial charge in [-0.25, -0.2) is 0 Å². The molecule has 0 radical (unpaired) electrons. The molecule has 8 nitrogen and oxygen atoms in total. The lowest BCUT2D eigenvalue weighted by molar-refractivity contribution is -0.142. The smallest absolute Gasteiger partial charge is 0.300 e. The average molecular weight is 488 g/mol. The Morgan fingerprint density at radius 3 is 2.50 bits per heavy atom. The van der Waals surface area contributed by atoms with Gasteiger partial charge in [0.15, 0.2) is 11.5 Å². The van der Waals surface area contributed by atoms with Crippen molar-refractivity contribution in [1.29, 1.82) is 0 Å². The van der Waals surface area contributed by atoms with Gasteiger partial charge in [-0.1, -0.05) is 30.3 Å². The number of nitrogens with zero attached hydrogens (tertiary/aromatic N) is 3. The van der Waals surface area contributed by atoms with Crippen LogP contribution in [0.15, 0.2) is 42.5 Å². The predicted octanol–water partition coefficient (Wildman–Crippen LogP) is 2.68. The summed E-state index contributed by atoms with van der Waals surface area (Å²) in [6.45, 7) is 9.38. The minimum absolute atomic E-state index is 0.0498. The highest BCUT2D eigenvalue weighted by Gasteiger charge is 2.47. The number of anilines is 1. The van der Waals surface area contributed by atoms with E-state index in [1.807, 2.05) is 62.1 Å². The lowest BCUT2D eigenvalue weighted by atomic mass is 9.87. The highest BCUT2D eigenvalue weighted by Crippen LogP contribution is 2.46. The summed E-state index contributed by atoms with van der Waals surface area (Å²) in [7, 11) is 0. The third-order valence-electron chi connectivity index (χ3n) is 7.55. The van der Waals surface area contributed by atoms with Gasteiger partial charge in [0.2, 0.25) is 6.10 Å². The molecule has 0 bridgehead atoms. The van der Waals surface area contributed by atoms with Gasteiger partial charge in [-0.15, -0.1) is 0 Å². The van der Waals surface area contributed by atoms with Crippen molar-refractivity contribution >= 4 is 28.9 Å². The summed E-state index contributed by atoms with van der Waals surface area (Å²) < 4.78 is 11.6. The zero-order valence-electron chi connectivity index (χ0n) is 20.7. The molecule has 0 unspecified atom stereocenters. The van der Waals surface area contributed by atoms with E-state index in [1.165, 1.54) is 0 Å². The highest BCUT2D eigenvalue weighted by atomic mass is 16.6. The van der Waals surface area contributed by atoms with Crippen molar-refractivity contribution in [2.75, 3.05) is 44.2 Å². The van der Waals surface area contributed by atoms with E-state index in [4.69, 9.17) is 9.47 Å². The number of amides is 2. The number of carbonyl (C=O) groups is 3. The van der Waals surface area contributed by atoms with Gasteiger partial charge < -0.3 is 14.4 Å². The number of carbonyl (C=O) groups excluding carboxylic acids is 3. The van der Waals surface area contributed by atoms with Crippen LogP contribution in [0.25, 0.3) is 5.57 Å². The molecule has 0 saturated carbocycles. The van der Waals surface area contributed by atoms with Crippen LogP contribution in [-0.4, -0.2) is 78.4 Å². The van der Waals surface area contributed by atoms with Crippen LogP contribution in [-0.2, 0) is 9.59 Å². The molecule has 2 aromatic carbocycles.